The molecule has 2 atom stereocenters. The fourth-order valence-corrected chi connectivity index (χ4v) is 3.56. The van der Waals surface area contributed by atoms with Gasteiger partial charge >= 0.3 is 11.9 Å². The van der Waals surface area contributed by atoms with Gasteiger partial charge in [0.15, 0.2) is 5.25 Å². The van der Waals surface area contributed by atoms with Crippen LogP contribution in [0.25, 0.3) is 0 Å². The lowest BCUT2D eigenvalue weighted by Gasteiger charge is -2.14. The molecule has 0 saturated heterocycles. The summed E-state index contributed by atoms with van der Waals surface area (Å²) in [5.41, 5.74) is 0. The predicted molar refractivity (Wildman–Crippen MR) is 121 cm³/mol. The highest BCUT2D eigenvalue weighted by Crippen LogP contribution is 2.12. The van der Waals surface area contributed by atoms with Gasteiger partial charge < -0.3 is 19.3 Å². The molecule has 0 fully saturated rings. The first-order chi connectivity index (χ1) is 15.2. The second-order valence-corrected chi connectivity index (χ2v) is 9.32. The summed E-state index contributed by atoms with van der Waals surface area (Å²) < 4.78 is 46.9. The summed E-state index contributed by atoms with van der Waals surface area (Å²) >= 11 is 0. The molecule has 0 aliphatic rings. The third kappa shape index (κ3) is 17.1. The van der Waals surface area contributed by atoms with E-state index in [4.69, 9.17) is 14.2 Å². The number of rotatable bonds is 21. The van der Waals surface area contributed by atoms with E-state index in [1.807, 2.05) is 0 Å². The molecule has 9 nitrogen and oxygen atoms in total. The molecule has 10 heteroatoms. The van der Waals surface area contributed by atoms with Gasteiger partial charge in [-0.25, -0.2) is 0 Å². The summed E-state index contributed by atoms with van der Waals surface area (Å²) in [7, 11) is -4.85. The number of ether oxygens (including phenoxy) is 3. The highest BCUT2D eigenvalue weighted by molar-refractivity contribution is 7.87. The third-order valence-corrected chi connectivity index (χ3v) is 5.78. The van der Waals surface area contributed by atoms with Crippen molar-refractivity contribution in [3.8, 4) is 0 Å². The maximum atomic E-state index is 12.1. The summed E-state index contributed by atoms with van der Waals surface area (Å²) in [5.74, 6) is -2.26. The van der Waals surface area contributed by atoms with E-state index in [1.54, 1.807) is 0 Å². The lowest BCUT2D eigenvalue weighted by atomic mass is 10.1. The SMILES string of the molecule is C=CCOCC(O)COC(=O)CC(C(=O)OCCCCCCCCCCCC)S(=O)(=O)O. The van der Waals surface area contributed by atoms with Crippen molar-refractivity contribution in [1.82, 2.24) is 0 Å². The lowest BCUT2D eigenvalue weighted by molar-refractivity contribution is -0.152. The Bertz CT molecular complexity index is 619. The molecule has 0 amide bonds. The Kier molecular flexibility index (Phi) is 18.1. The standard InChI is InChI=1S/C22H40O9S/c1-3-5-6-7-8-9-10-11-12-13-15-30-22(25)20(32(26,27)28)16-21(24)31-18-19(23)17-29-14-4-2/h4,19-20,23H,2-3,5-18H2,1H3,(H,26,27,28). The highest BCUT2D eigenvalue weighted by Gasteiger charge is 2.35. The Labute approximate surface area is 192 Å². The molecule has 0 spiro atoms. The zero-order chi connectivity index (χ0) is 24.2. The topological polar surface area (TPSA) is 136 Å². The smallest absolute Gasteiger partial charge is 0.327 e. The molecule has 0 aliphatic heterocycles. The largest absolute Gasteiger partial charge is 0.465 e. The summed E-state index contributed by atoms with van der Waals surface area (Å²) in [6.45, 7) is 5.30. The van der Waals surface area contributed by atoms with Crippen LogP contribution >= 0.6 is 0 Å². The Morgan fingerprint density at radius 1 is 0.938 bits per heavy atom. The van der Waals surface area contributed by atoms with Crippen molar-refractivity contribution in [3.63, 3.8) is 0 Å². The third-order valence-electron chi connectivity index (χ3n) is 4.70. The van der Waals surface area contributed by atoms with Gasteiger partial charge in [-0.1, -0.05) is 70.8 Å². The molecule has 0 rings (SSSR count). The van der Waals surface area contributed by atoms with E-state index < -0.39 is 46.4 Å². The van der Waals surface area contributed by atoms with Crippen LogP contribution in [0.4, 0.5) is 0 Å². The molecule has 188 valence electrons. The second kappa shape index (κ2) is 19.0. The van der Waals surface area contributed by atoms with Gasteiger partial charge in [-0.2, -0.15) is 8.42 Å². The van der Waals surface area contributed by atoms with E-state index in [9.17, 15) is 27.7 Å². The second-order valence-electron chi connectivity index (χ2n) is 7.72. The Balaban J connectivity index is 4.13. The number of aliphatic hydroxyl groups is 1. The van der Waals surface area contributed by atoms with Crippen molar-refractivity contribution >= 4 is 22.1 Å². The number of carbonyl (C=O) groups excluding carboxylic acids is 2. The van der Waals surface area contributed by atoms with Crippen LogP contribution in [-0.2, 0) is 33.9 Å². The summed E-state index contributed by atoms with van der Waals surface area (Å²) in [4.78, 5) is 23.9. The van der Waals surface area contributed by atoms with Crippen LogP contribution in [0.15, 0.2) is 12.7 Å². The fraction of sp³-hybridized carbons (Fsp3) is 0.818. The van der Waals surface area contributed by atoms with Gasteiger partial charge in [-0.05, 0) is 6.42 Å². The Morgan fingerprint density at radius 3 is 2.03 bits per heavy atom. The van der Waals surface area contributed by atoms with Crippen molar-refractivity contribution < 1.29 is 41.9 Å². The zero-order valence-electron chi connectivity index (χ0n) is 19.2. The minimum absolute atomic E-state index is 0.00968. The lowest BCUT2D eigenvalue weighted by Crippen LogP contribution is -2.35. The van der Waals surface area contributed by atoms with E-state index >= 15 is 0 Å². The minimum Gasteiger partial charge on any atom is -0.465 e. The molecule has 2 N–H and O–H groups in total. The molecular formula is C22H40O9S. The van der Waals surface area contributed by atoms with Gasteiger partial charge in [0.1, 0.15) is 12.7 Å². The van der Waals surface area contributed by atoms with Crippen molar-refractivity contribution in [1.29, 1.82) is 0 Å². The van der Waals surface area contributed by atoms with Crippen LogP contribution in [0.2, 0.25) is 0 Å². The summed E-state index contributed by atoms with van der Waals surface area (Å²) in [6, 6.07) is 0. The van der Waals surface area contributed by atoms with Crippen LogP contribution in [0.5, 0.6) is 0 Å². The van der Waals surface area contributed by atoms with Gasteiger partial charge in [-0.3, -0.25) is 14.1 Å². The first kappa shape index (κ1) is 30.5. The fourth-order valence-electron chi connectivity index (χ4n) is 2.90. The van der Waals surface area contributed by atoms with Gasteiger partial charge in [-0.15, -0.1) is 6.58 Å². The van der Waals surface area contributed by atoms with Crippen molar-refractivity contribution in [2.24, 2.45) is 0 Å². The first-order valence-corrected chi connectivity index (χ1v) is 12.9. The number of hydrogen-bond donors (Lipinski definition) is 2. The summed E-state index contributed by atoms with van der Waals surface area (Å²) in [6.07, 6.45) is 10.4. The molecule has 0 aromatic rings. The maximum Gasteiger partial charge on any atom is 0.327 e. The van der Waals surface area contributed by atoms with Crippen LogP contribution in [-0.4, -0.2) is 67.8 Å². The van der Waals surface area contributed by atoms with E-state index in [1.165, 1.54) is 44.6 Å². The monoisotopic (exact) mass is 480 g/mol. The molecule has 0 heterocycles. The van der Waals surface area contributed by atoms with Gasteiger partial charge in [0, 0.05) is 0 Å². The van der Waals surface area contributed by atoms with Crippen LogP contribution in [0.3, 0.4) is 0 Å². The van der Waals surface area contributed by atoms with Gasteiger partial charge in [0.05, 0.1) is 26.2 Å². The average molecular weight is 481 g/mol. The van der Waals surface area contributed by atoms with E-state index in [-0.39, 0.29) is 19.8 Å². The molecular weight excluding hydrogens is 440 g/mol. The van der Waals surface area contributed by atoms with E-state index in [0.717, 1.165) is 19.3 Å². The number of carbonyl (C=O) groups is 2. The van der Waals surface area contributed by atoms with Crippen molar-refractivity contribution in [2.75, 3.05) is 26.4 Å². The number of unbranched alkanes of at least 4 members (excludes halogenated alkanes) is 9. The van der Waals surface area contributed by atoms with Crippen molar-refractivity contribution in [2.45, 2.75) is 88.9 Å². The first-order valence-electron chi connectivity index (χ1n) is 11.4. The van der Waals surface area contributed by atoms with Crippen LogP contribution < -0.4 is 0 Å². The summed E-state index contributed by atoms with van der Waals surface area (Å²) in [5, 5.41) is 7.54. The van der Waals surface area contributed by atoms with Crippen LogP contribution in [0.1, 0.15) is 77.6 Å². The Morgan fingerprint density at radius 2 is 1.50 bits per heavy atom. The molecule has 0 aromatic carbocycles. The van der Waals surface area contributed by atoms with Gasteiger partial charge in [0.2, 0.25) is 0 Å². The number of esters is 2. The average Bonchev–Trinajstić information content (AvgIpc) is 2.73. The minimum atomic E-state index is -4.85. The predicted octanol–water partition coefficient (Wildman–Crippen LogP) is 3.20. The van der Waals surface area contributed by atoms with E-state index in [0.29, 0.717) is 6.42 Å². The molecule has 2 unspecified atom stereocenters. The number of hydrogen-bond acceptors (Lipinski definition) is 8. The number of aliphatic hydroxyl groups excluding tert-OH is 1. The van der Waals surface area contributed by atoms with E-state index in [2.05, 4.69) is 13.5 Å². The molecule has 0 bridgehead atoms. The molecule has 0 radical (unpaired) electrons. The molecule has 0 aliphatic carbocycles. The zero-order valence-corrected chi connectivity index (χ0v) is 20.0. The molecule has 32 heavy (non-hydrogen) atoms. The normalized spacial score (nSPS) is 13.3. The maximum absolute atomic E-state index is 12.1. The quantitative estimate of drug-likeness (QED) is 0.110. The van der Waals surface area contributed by atoms with Crippen LogP contribution in [0, 0.1) is 0 Å². The van der Waals surface area contributed by atoms with Gasteiger partial charge in [0.25, 0.3) is 10.1 Å². The van der Waals surface area contributed by atoms with Crippen molar-refractivity contribution in [3.05, 3.63) is 12.7 Å². The molecule has 0 aromatic heterocycles. The molecule has 0 saturated carbocycles. The highest BCUT2D eigenvalue weighted by atomic mass is 32.2. The Hall–Kier alpha value is -1.49.